The third-order valence-electron chi connectivity index (χ3n) is 2.06. The molecular weight excluding hydrogens is 244 g/mol. The molecule has 2 heterocycles. The molecule has 0 fully saturated rings. The molecule has 0 aliphatic carbocycles. The third-order valence-corrected chi connectivity index (χ3v) is 2.99. The molecule has 2 aromatic heterocycles. The summed E-state index contributed by atoms with van der Waals surface area (Å²) in [5, 5.41) is 23.3. The Morgan fingerprint density at radius 1 is 1.65 bits per heavy atom. The molecular formula is C8H10N6O2S. The number of hydrogen-bond donors (Lipinski definition) is 3. The first kappa shape index (κ1) is 11.5. The van der Waals surface area contributed by atoms with Gasteiger partial charge in [-0.1, -0.05) is 11.8 Å². The average molecular weight is 254 g/mol. The smallest absolute Gasteiger partial charge is 0.313 e. The molecule has 2 rings (SSSR count). The highest BCUT2D eigenvalue weighted by molar-refractivity contribution is 7.99. The molecule has 0 aromatic carbocycles. The maximum atomic E-state index is 10.4. The van der Waals surface area contributed by atoms with Gasteiger partial charge >= 0.3 is 5.97 Å². The molecule has 0 spiro atoms. The van der Waals surface area contributed by atoms with E-state index in [-0.39, 0.29) is 5.75 Å². The lowest BCUT2D eigenvalue weighted by Crippen LogP contribution is -2.12. The molecule has 0 aliphatic rings. The van der Waals surface area contributed by atoms with Crippen molar-refractivity contribution in [1.82, 2.24) is 25.1 Å². The van der Waals surface area contributed by atoms with Crippen LogP contribution in [0.25, 0.3) is 11.4 Å². The number of nitrogens with one attached hydrogen (secondary N) is 1. The van der Waals surface area contributed by atoms with Gasteiger partial charge in [-0.15, -0.1) is 10.2 Å². The zero-order valence-corrected chi connectivity index (χ0v) is 9.73. The Kier molecular flexibility index (Phi) is 3.00. The highest BCUT2D eigenvalue weighted by Gasteiger charge is 2.15. The number of carboxylic acid groups (broad SMARTS) is 1. The summed E-state index contributed by atoms with van der Waals surface area (Å²) in [6, 6.07) is 0. The first-order valence-electron chi connectivity index (χ1n) is 4.65. The van der Waals surface area contributed by atoms with Gasteiger partial charge in [-0.05, 0) is 6.92 Å². The summed E-state index contributed by atoms with van der Waals surface area (Å²) in [5.41, 5.74) is 1.56. The first-order chi connectivity index (χ1) is 8.09. The fraction of sp³-hybridized carbons (Fsp3) is 0.250. The van der Waals surface area contributed by atoms with E-state index in [1.165, 1.54) is 4.68 Å². The predicted octanol–water partition coefficient (Wildman–Crippen LogP) is -0.133. The number of aromatic nitrogens is 5. The zero-order chi connectivity index (χ0) is 12.4. The Hall–Kier alpha value is -2.03. The lowest BCUT2D eigenvalue weighted by Gasteiger charge is -2.01. The first-order valence-corrected chi connectivity index (χ1v) is 5.63. The molecule has 2 aromatic rings. The van der Waals surface area contributed by atoms with Gasteiger partial charge in [-0.2, -0.15) is 5.10 Å². The van der Waals surface area contributed by atoms with Crippen LogP contribution in [0.5, 0.6) is 0 Å². The van der Waals surface area contributed by atoms with E-state index in [0.29, 0.717) is 11.0 Å². The minimum absolute atomic E-state index is 0.111. The molecule has 0 amide bonds. The fourth-order valence-corrected chi connectivity index (χ4v) is 1.84. The Morgan fingerprint density at radius 3 is 3.00 bits per heavy atom. The lowest BCUT2D eigenvalue weighted by molar-refractivity contribution is -0.133. The molecule has 0 atom stereocenters. The summed E-state index contributed by atoms with van der Waals surface area (Å²) in [7, 11) is 0. The topological polar surface area (TPSA) is 123 Å². The Balaban J connectivity index is 2.27. The van der Waals surface area contributed by atoms with E-state index < -0.39 is 5.97 Å². The van der Waals surface area contributed by atoms with E-state index in [4.69, 9.17) is 10.9 Å². The summed E-state index contributed by atoms with van der Waals surface area (Å²) < 4.78 is 1.26. The normalized spacial score (nSPS) is 10.6. The second-order valence-corrected chi connectivity index (χ2v) is 4.21. The van der Waals surface area contributed by atoms with Crippen molar-refractivity contribution >= 4 is 17.7 Å². The number of hydrogen-bond acceptors (Lipinski definition) is 6. The maximum Gasteiger partial charge on any atom is 0.313 e. The van der Waals surface area contributed by atoms with E-state index in [0.717, 1.165) is 23.0 Å². The van der Waals surface area contributed by atoms with Crippen LogP contribution in [0, 0.1) is 6.92 Å². The largest absolute Gasteiger partial charge is 0.481 e. The van der Waals surface area contributed by atoms with Crippen molar-refractivity contribution in [2.75, 3.05) is 11.6 Å². The highest BCUT2D eigenvalue weighted by atomic mass is 32.2. The number of H-pyrrole nitrogens is 1. The molecule has 0 saturated carbocycles. The highest BCUT2D eigenvalue weighted by Crippen LogP contribution is 2.22. The molecule has 17 heavy (non-hydrogen) atoms. The Morgan fingerprint density at radius 2 is 2.41 bits per heavy atom. The van der Waals surface area contributed by atoms with Crippen LogP contribution in [-0.4, -0.2) is 41.9 Å². The number of nitrogens with two attached hydrogens (primary N) is 1. The molecule has 90 valence electrons. The SMILES string of the molecule is Cc1[nH]ncc1-c1nnc(SCC(=O)O)n1N. The quantitative estimate of drug-likeness (QED) is 0.513. The van der Waals surface area contributed by atoms with Gasteiger partial charge in [-0.25, -0.2) is 4.68 Å². The Labute approximate surface area is 100 Å². The number of nitrogens with zero attached hydrogens (tertiary/aromatic N) is 4. The maximum absolute atomic E-state index is 10.4. The van der Waals surface area contributed by atoms with E-state index in [1.807, 2.05) is 6.92 Å². The molecule has 0 radical (unpaired) electrons. The number of carboxylic acids is 1. The third kappa shape index (κ3) is 2.23. The van der Waals surface area contributed by atoms with Crippen molar-refractivity contribution in [2.45, 2.75) is 12.1 Å². The van der Waals surface area contributed by atoms with E-state index in [9.17, 15) is 4.79 Å². The summed E-state index contributed by atoms with van der Waals surface area (Å²) >= 11 is 1.01. The number of aromatic amines is 1. The number of carbonyl (C=O) groups is 1. The van der Waals surface area contributed by atoms with Crippen LogP contribution in [0.1, 0.15) is 5.69 Å². The summed E-state index contributed by atoms with van der Waals surface area (Å²) in [5.74, 6) is 5.19. The predicted molar refractivity (Wildman–Crippen MR) is 60.9 cm³/mol. The minimum Gasteiger partial charge on any atom is -0.481 e. The fourth-order valence-electron chi connectivity index (χ4n) is 1.26. The number of rotatable bonds is 4. The molecule has 0 aliphatic heterocycles. The van der Waals surface area contributed by atoms with Crippen molar-refractivity contribution in [1.29, 1.82) is 0 Å². The standard InChI is InChI=1S/C8H10N6O2S/c1-4-5(2-10-11-4)7-12-13-8(14(7)9)17-3-6(15)16/h2H,3,9H2,1H3,(H,10,11)(H,15,16). The van der Waals surface area contributed by atoms with Crippen LogP contribution in [0.15, 0.2) is 11.4 Å². The minimum atomic E-state index is -0.931. The molecule has 0 unspecified atom stereocenters. The van der Waals surface area contributed by atoms with Gasteiger partial charge in [0.2, 0.25) is 5.16 Å². The van der Waals surface area contributed by atoms with Crippen LogP contribution in [0.4, 0.5) is 0 Å². The van der Waals surface area contributed by atoms with Crippen LogP contribution < -0.4 is 5.84 Å². The zero-order valence-electron chi connectivity index (χ0n) is 8.91. The van der Waals surface area contributed by atoms with Gasteiger partial charge in [0.25, 0.3) is 0 Å². The Bertz CT molecular complexity index is 548. The summed E-state index contributed by atoms with van der Waals surface area (Å²) in [4.78, 5) is 10.4. The van der Waals surface area contributed by atoms with Gasteiger partial charge < -0.3 is 10.9 Å². The van der Waals surface area contributed by atoms with Crippen molar-refractivity contribution < 1.29 is 9.90 Å². The monoisotopic (exact) mass is 254 g/mol. The van der Waals surface area contributed by atoms with Crippen molar-refractivity contribution in [3.8, 4) is 11.4 Å². The van der Waals surface area contributed by atoms with E-state index in [2.05, 4.69) is 20.4 Å². The van der Waals surface area contributed by atoms with E-state index in [1.54, 1.807) is 6.20 Å². The van der Waals surface area contributed by atoms with Crippen molar-refractivity contribution in [3.63, 3.8) is 0 Å². The van der Waals surface area contributed by atoms with Gasteiger partial charge in [0.15, 0.2) is 5.82 Å². The van der Waals surface area contributed by atoms with Gasteiger partial charge in [0.05, 0.1) is 17.5 Å². The second-order valence-electron chi connectivity index (χ2n) is 3.27. The molecule has 8 nitrogen and oxygen atoms in total. The van der Waals surface area contributed by atoms with Crippen molar-refractivity contribution in [2.24, 2.45) is 0 Å². The number of thioether (sulfide) groups is 1. The van der Waals surface area contributed by atoms with E-state index >= 15 is 0 Å². The summed E-state index contributed by atoms with van der Waals surface area (Å²) in [6.45, 7) is 1.83. The number of aryl methyl sites for hydroxylation is 1. The second kappa shape index (κ2) is 4.45. The molecule has 4 N–H and O–H groups in total. The van der Waals surface area contributed by atoms with Gasteiger partial charge in [0.1, 0.15) is 0 Å². The van der Waals surface area contributed by atoms with Crippen LogP contribution >= 0.6 is 11.8 Å². The van der Waals surface area contributed by atoms with Gasteiger partial charge in [0, 0.05) is 5.69 Å². The number of nitrogen functional groups attached to an aromatic ring is 1. The lowest BCUT2D eigenvalue weighted by atomic mass is 10.2. The average Bonchev–Trinajstić information content (AvgIpc) is 2.82. The van der Waals surface area contributed by atoms with Crippen molar-refractivity contribution in [3.05, 3.63) is 11.9 Å². The number of aliphatic carboxylic acids is 1. The summed E-state index contributed by atoms with van der Waals surface area (Å²) in [6.07, 6.45) is 1.59. The van der Waals surface area contributed by atoms with Gasteiger partial charge in [-0.3, -0.25) is 9.89 Å². The van der Waals surface area contributed by atoms with Crippen LogP contribution in [-0.2, 0) is 4.79 Å². The van der Waals surface area contributed by atoms with Crippen LogP contribution in [0.3, 0.4) is 0 Å². The van der Waals surface area contributed by atoms with Crippen LogP contribution in [0.2, 0.25) is 0 Å². The molecule has 0 bridgehead atoms. The molecule has 0 saturated heterocycles. The molecule has 9 heteroatoms.